The van der Waals surface area contributed by atoms with Crippen LogP contribution in [0.25, 0.3) is 0 Å². The average molecular weight is 372 g/mol. The summed E-state index contributed by atoms with van der Waals surface area (Å²) in [5, 5.41) is 2.90. The molecule has 0 spiro atoms. The molecule has 1 aromatic rings. The van der Waals surface area contributed by atoms with E-state index < -0.39 is 30.4 Å². The van der Waals surface area contributed by atoms with E-state index in [-0.39, 0.29) is 23.1 Å². The first-order valence-electron chi connectivity index (χ1n) is 9.33. The Bertz CT molecular complexity index is 740. The zero-order valence-corrected chi connectivity index (χ0v) is 15.6. The second-order valence-electron chi connectivity index (χ2n) is 7.25. The fourth-order valence-corrected chi connectivity index (χ4v) is 3.70. The molecule has 1 N–H and O–H groups in total. The van der Waals surface area contributed by atoms with E-state index in [1.54, 1.807) is 24.3 Å². The molecule has 3 atom stereocenters. The van der Waals surface area contributed by atoms with Crippen LogP contribution in [-0.2, 0) is 14.3 Å². The number of benzene rings is 1. The Morgan fingerprint density at radius 2 is 1.74 bits per heavy atom. The lowest BCUT2D eigenvalue weighted by Gasteiger charge is -2.29. The Kier molecular flexibility index (Phi) is 5.58. The lowest BCUT2D eigenvalue weighted by Crippen LogP contribution is -2.46. The van der Waals surface area contributed by atoms with Gasteiger partial charge in [0.1, 0.15) is 6.04 Å². The summed E-state index contributed by atoms with van der Waals surface area (Å²) in [5.74, 6) is -1.80. The van der Waals surface area contributed by atoms with Gasteiger partial charge in [0.25, 0.3) is 17.7 Å². The summed E-state index contributed by atoms with van der Waals surface area (Å²) in [5.41, 5.74) is 0.539. The maximum Gasteiger partial charge on any atom is 0.329 e. The highest BCUT2D eigenvalue weighted by Gasteiger charge is 2.41. The summed E-state index contributed by atoms with van der Waals surface area (Å²) >= 11 is 0. The Balaban J connectivity index is 1.55. The summed E-state index contributed by atoms with van der Waals surface area (Å²) in [7, 11) is 0. The molecule has 0 saturated heterocycles. The quantitative estimate of drug-likeness (QED) is 0.630. The Hall–Kier alpha value is -2.70. The molecule has 1 fully saturated rings. The Morgan fingerprint density at radius 1 is 1.15 bits per heavy atom. The maximum atomic E-state index is 12.4. The van der Waals surface area contributed by atoms with Gasteiger partial charge in [-0.25, -0.2) is 4.79 Å². The molecule has 1 saturated carbocycles. The van der Waals surface area contributed by atoms with Crippen LogP contribution in [0.1, 0.15) is 60.2 Å². The number of rotatable bonds is 5. The molecule has 27 heavy (non-hydrogen) atoms. The molecule has 0 bridgehead atoms. The molecule has 0 radical (unpaired) electrons. The minimum absolute atomic E-state index is 0.0959. The first-order valence-corrected chi connectivity index (χ1v) is 9.33. The van der Waals surface area contributed by atoms with E-state index in [0.29, 0.717) is 5.92 Å². The minimum Gasteiger partial charge on any atom is -0.454 e. The number of carbonyl (C=O) groups is 4. The van der Waals surface area contributed by atoms with Crippen molar-refractivity contribution in [2.24, 2.45) is 5.92 Å². The monoisotopic (exact) mass is 372 g/mol. The number of hydrogen-bond acceptors (Lipinski definition) is 5. The highest BCUT2D eigenvalue weighted by molar-refractivity contribution is 6.22. The number of ether oxygens (including phenoxy) is 1. The molecule has 0 aromatic heterocycles. The lowest BCUT2D eigenvalue weighted by molar-refractivity contribution is -0.152. The highest BCUT2D eigenvalue weighted by atomic mass is 16.5. The van der Waals surface area contributed by atoms with Crippen molar-refractivity contribution in [3.63, 3.8) is 0 Å². The molecule has 7 heteroatoms. The molecule has 144 valence electrons. The van der Waals surface area contributed by atoms with Crippen molar-refractivity contribution in [3.8, 4) is 0 Å². The third kappa shape index (κ3) is 3.86. The summed E-state index contributed by atoms with van der Waals surface area (Å²) < 4.78 is 5.05. The van der Waals surface area contributed by atoms with Crippen LogP contribution in [0.5, 0.6) is 0 Å². The van der Waals surface area contributed by atoms with Crippen LogP contribution in [0.4, 0.5) is 0 Å². The van der Waals surface area contributed by atoms with E-state index in [1.165, 1.54) is 13.3 Å². The number of nitrogens with zero attached hydrogens (tertiary/aromatic N) is 1. The molecule has 0 unspecified atom stereocenters. The van der Waals surface area contributed by atoms with Crippen LogP contribution >= 0.6 is 0 Å². The zero-order valence-electron chi connectivity index (χ0n) is 15.6. The van der Waals surface area contributed by atoms with E-state index in [1.807, 2.05) is 0 Å². The molecule has 1 heterocycles. The molecule has 1 aliphatic carbocycles. The van der Waals surface area contributed by atoms with Gasteiger partial charge in [0.05, 0.1) is 11.1 Å². The van der Waals surface area contributed by atoms with Gasteiger partial charge in [-0.15, -0.1) is 0 Å². The number of amides is 3. The predicted octanol–water partition coefficient (Wildman–Crippen LogP) is 1.91. The van der Waals surface area contributed by atoms with E-state index in [0.717, 1.165) is 24.2 Å². The maximum absolute atomic E-state index is 12.4. The first-order chi connectivity index (χ1) is 12.9. The average Bonchev–Trinajstić information content (AvgIpc) is 2.92. The predicted molar refractivity (Wildman–Crippen MR) is 96.9 cm³/mol. The molecule has 1 aromatic carbocycles. The summed E-state index contributed by atoms with van der Waals surface area (Å²) in [6.07, 6.45) is 4.24. The van der Waals surface area contributed by atoms with E-state index in [4.69, 9.17) is 4.74 Å². The van der Waals surface area contributed by atoms with E-state index in [9.17, 15) is 19.2 Å². The van der Waals surface area contributed by atoms with Crippen molar-refractivity contribution in [1.82, 2.24) is 10.2 Å². The fourth-order valence-electron chi connectivity index (χ4n) is 3.70. The third-order valence-corrected chi connectivity index (χ3v) is 5.36. The van der Waals surface area contributed by atoms with Crippen molar-refractivity contribution >= 4 is 23.7 Å². The summed E-state index contributed by atoms with van der Waals surface area (Å²) in [6, 6.07) is 5.41. The van der Waals surface area contributed by atoms with Crippen molar-refractivity contribution in [2.75, 3.05) is 6.61 Å². The molecule has 2 aliphatic rings. The minimum atomic E-state index is -1.10. The standard InChI is InChI=1S/C20H24N2O5/c1-12-7-3-6-10-16(12)21-17(23)11-27-20(26)13(2)22-18(24)14-8-4-5-9-15(14)19(22)25/h4-5,8-9,12-13,16H,3,6-7,10-11H2,1-2H3,(H,21,23)/t12-,13+,16-/m1/s1. The fraction of sp³-hybridized carbons (Fsp3) is 0.500. The second kappa shape index (κ2) is 7.90. The zero-order chi connectivity index (χ0) is 19.6. The van der Waals surface area contributed by atoms with Gasteiger partial charge in [-0.2, -0.15) is 0 Å². The number of carbonyl (C=O) groups excluding carboxylic acids is 4. The third-order valence-electron chi connectivity index (χ3n) is 5.36. The number of nitrogens with one attached hydrogen (secondary N) is 1. The lowest BCUT2D eigenvalue weighted by atomic mass is 9.86. The smallest absolute Gasteiger partial charge is 0.329 e. The first kappa shape index (κ1) is 19.1. The molecule has 3 amide bonds. The summed E-state index contributed by atoms with van der Waals surface area (Å²) in [4.78, 5) is 50.1. The van der Waals surface area contributed by atoms with Crippen LogP contribution in [0, 0.1) is 5.92 Å². The molecular formula is C20H24N2O5. The van der Waals surface area contributed by atoms with Gasteiger partial charge < -0.3 is 10.1 Å². The van der Waals surface area contributed by atoms with Crippen LogP contribution in [0.2, 0.25) is 0 Å². The van der Waals surface area contributed by atoms with Crippen molar-refractivity contribution in [1.29, 1.82) is 0 Å². The van der Waals surface area contributed by atoms with Gasteiger partial charge in [-0.05, 0) is 37.8 Å². The Morgan fingerprint density at radius 3 is 2.33 bits per heavy atom. The van der Waals surface area contributed by atoms with Gasteiger partial charge in [0.2, 0.25) is 0 Å². The Labute approximate surface area is 158 Å². The number of hydrogen-bond donors (Lipinski definition) is 1. The molecule has 3 rings (SSSR count). The summed E-state index contributed by atoms with van der Waals surface area (Å²) in [6.45, 7) is 3.10. The van der Waals surface area contributed by atoms with Crippen molar-refractivity contribution in [2.45, 2.75) is 51.6 Å². The number of esters is 1. The van der Waals surface area contributed by atoms with Crippen molar-refractivity contribution < 1.29 is 23.9 Å². The van der Waals surface area contributed by atoms with E-state index in [2.05, 4.69) is 12.2 Å². The normalized spacial score (nSPS) is 23.0. The van der Waals surface area contributed by atoms with Crippen LogP contribution in [-0.4, -0.2) is 47.3 Å². The number of imide groups is 1. The van der Waals surface area contributed by atoms with E-state index >= 15 is 0 Å². The van der Waals surface area contributed by atoms with Gasteiger partial charge in [0.15, 0.2) is 6.61 Å². The van der Waals surface area contributed by atoms with Crippen LogP contribution in [0.3, 0.4) is 0 Å². The molecule has 1 aliphatic heterocycles. The number of fused-ring (bicyclic) bond motifs is 1. The molecular weight excluding hydrogens is 348 g/mol. The van der Waals surface area contributed by atoms with Crippen LogP contribution < -0.4 is 5.32 Å². The van der Waals surface area contributed by atoms with Crippen LogP contribution in [0.15, 0.2) is 24.3 Å². The largest absolute Gasteiger partial charge is 0.454 e. The molecule has 7 nitrogen and oxygen atoms in total. The van der Waals surface area contributed by atoms with Gasteiger partial charge in [0, 0.05) is 6.04 Å². The van der Waals surface area contributed by atoms with Gasteiger partial charge in [-0.1, -0.05) is 31.9 Å². The van der Waals surface area contributed by atoms with Gasteiger partial charge >= 0.3 is 5.97 Å². The second-order valence-corrected chi connectivity index (χ2v) is 7.25. The van der Waals surface area contributed by atoms with Gasteiger partial charge in [-0.3, -0.25) is 19.3 Å². The van der Waals surface area contributed by atoms with Crippen molar-refractivity contribution in [3.05, 3.63) is 35.4 Å². The topological polar surface area (TPSA) is 92.8 Å². The SMILES string of the molecule is C[C@@H]1CCCC[C@H]1NC(=O)COC(=O)[C@H](C)N1C(=O)c2ccccc2C1=O. The highest BCUT2D eigenvalue weighted by Crippen LogP contribution is 2.25.